The molecule has 0 saturated carbocycles. The Kier molecular flexibility index (Phi) is 4.10. The molecule has 2 rings (SSSR count). The van der Waals surface area contributed by atoms with Gasteiger partial charge in [0.05, 0.1) is 22.4 Å². The van der Waals surface area contributed by atoms with E-state index in [-0.39, 0.29) is 6.04 Å². The highest BCUT2D eigenvalue weighted by molar-refractivity contribution is 9.10. The number of nitrogens with two attached hydrogens (primary N) is 1. The molecule has 96 valence electrons. The third-order valence-electron chi connectivity index (χ3n) is 2.98. The summed E-state index contributed by atoms with van der Waals surface area (Å²) in [6.45, 7) is 4.79. The van der Waals surface area contributed by atoms with Crippen LogP contribution in [-0.4, -0.2) is 9.78 Å². The van der Waals surface area contributed by atoms with Crippen LogP contribution in [0.3, 0.4) is 0 Å². The van der Waals surface area contributed by atoms with E-state index in [9.17, 15) is 0 Å². The van der Waals surface area contributed by atoms with E-state index in [0.29, 0.717) is 0 Å². The first-order chi connectivity index (χ1) is 8.56. The molecule has 1 aromatic heterocycles. The van der Waals surface area contributed by atoms with Crippen LogP contribution in [0, 0.1) is 6.92 Å². The van der Waals surface area contributed by atoms with Crippen molar-refractivity contribution in [3.8, 4) is 0 Å². The summed E-state index contributed by atoms with van der Waals surface area (Å²) in [7, 11) is 0. The van der Waals surface area contributed by atoms with Gasteiger partial charge in [0.25, 0.3) is 0 Å². The van der Waals surface area contributed by atoms with Gasteiger partial charge in [0.2, 0.25) is 0 Å². The summed E-state index contributed by atoms with van der Waals surface area (Å²) in [6.07, 6.45) is 1.77. The number of aryl methyl sites for hydroxylation is 2. The highest BCUT2D eigenvalue weighted by atomic mass is 79.9. The van der Waals surface area contributed by atoms with Crippen LogP contribution >= 0.6 is 27.5 Å². The second kappa shape index (κ2) is 5.43. The van der Waals surface area contributed by atoms with E-state index in [4.69, 9.17) is 17.3 Å². The van der Waals surface area contributed by atoms with Gasteiger partial charge in [0, 0.05) is 11.6 Å². The average molecular weight is 329 g/mol. The molecule has 0 radical (unpaired) electrons. The normalized spacial score (nSPS) is 12.7. The second-order valence-electron chi connectivity index (χ2n) is 4.15. The number of rotatable bonds is 3. The zero-order valence-electron chi connectivity index (χ0n) is 10.3. The van der Waals surface area contributed by atoms with Crippen molar-refractivity contribution in [2.24, 2.45) is 5.73 Å². The monoisotopic (exact) mass is 327 g/mol. The molecule has 5 heteroatoms. The lowest BCUT2D eigenvalue weighted by Gasteiger charge is -2.17. The van der Waals surface area contributed by atoms with Crippen molar-refractivity contribution in [3.05, 3.63) is 50.7 Å². The van der Waals surface area contributed by atoms with Crippen molar-refractivity contribution in [2.75, 3.05) is 0 Å². The molecule has 0 saturated heterocycles. The standard InChI is InChI=1S/C13H15BrClN3/c1-3-18-13(10(14)7-17-18)12(16)9-6-4-5-8(2)11(9)15/h4-7,12H,3,16H2,1-2H3. The van der Waals surface area contributed by atoms with Crippen LogP contribution in [-0.2, 0) is 6.54 Å². The molecule has 0 bridgehead atoms. The first-order valence-corrected chi connectivity index (χ1v) is 6.95. The van der Waals surface area contributed by atoms with Gasteiger partial charge in [0.15, 0.2) is 0 Å². The predicted molar refractivity (Wildman–Crippen MR) is 77.8 cm³/mol. The average Bonchev–Trinajstić information content (AvgIpc) is 2.73. The predicted octanol–water partition coefficient (Wildman–Crippen LogP) is 3.68. The molecule has 18 heavy (non-hydrogen) atoms. The smallest absolute Gasteiger partial charge is 0.0749 e. The molecule has 1 unspecified atom stereocenters. The molecule has 2 N–H and O–H groups in total. The Bertz CT molecular complexity index is 565. The zero-order valence-corrected chi connectivity index (χ0v) is 12.7. The van der Waals surface area contributed by atoms with E-state index in [2.05, 4.69) is 21.0 Å². The van der Waals surface area contributed by atoms with Gasteiger partial charge in [-0.15, -0.1) is 0 Å². The largest absolute Gasteiger partial charge is 0.319 e. The first kappa shape index (κ1) is 13.6. The summed E-state index contributed by atoms with van der Waals surface area (Å²) < 4.78 is 2.79. The number of halogens is 2. The van der Waals surface area contributed by atoms with Crippen molar-refractivity contribution in [2.45, 2.75) is 26.4 Å². The van der Waals surface area contributed by atoms with Crippen LogP contribution in [0.25, 0.3) is 0 Å². The van der Waals surface area contributed by atoms with Gasteiger partial charge in [-0.25, -0.2) is 0 Å². The van der Waals surface area contributed by atoms with Crippen molar-refractivity contribution in [1.29, 1.82) is 0 Å². The van der Waals surface area contributed by atoms with Crippen molar-refractivity contribution < 1.29 is 0 Å². The summed E-state index contributed by atoms with van der Waals surface area (Å²) in [5.41, 5.74) is 9.24. The lowest BCUT2D eigenvalue weighted by atomic mass is 10.0. The molecule has 1 aromatic carbocycles. The number of hydrogen-bond donors (Lipinski definition) is 1. The van der Waals surface area contributed by atoms with Crippen LogP contribution in [0.2, 0.25) is 5.02 Å². The lowest BCUT2D eigenvalue weighted by molar-refractivity contribution is 0.599. The van der Waals surface area contributed by atoms with Gasteiger partial charge in [0.1, 0.15) is 0 Å². The van der Waals surface area contributed by atoms with Crippen molar-refractivity contribution in [1.82, 2.24) is 9.78 Å². The summed E-state index contributed by atoms with van der Waals surface area (Å²) >= 11 is 9.82. The highest BCUT2D eigenvalue weighted by Gasteiger charge is 2.20. The van der Waals surface area contributed by atoms with Crippen LogP contribution in [0.4, 0.5) is 0 Å². The quantitative estimate of drug-likeness (QED) is 0.934. The molecule has 3 nitrogen and oxygen atoms in total. The van der Waals surface area contributed by atoms with E-state index < -0.39 is 0 Å². The molecule has 0 aliphatic heterocycles. The number of hydrogen-bond acceptors (Lipinski definition) is 2. The fourth-order valence-electron chi connectivity index (χ4n) is 1.99. The summed E-state index contributed by atoms with van der Waals surface area (Å²) in [6, 6.07) is 5.62. The summed E-state index contributed by atoms with van der Waals surface area (Å²) in [5, 5.41) is 5.00. The third kappa shape index (κ3) is 2.32. The Hall–Kier alpha value is -0.840. The minimum absolute atomic E-state index is 0.283. The number of aromatic nitrogens is 2. The van der Waals surface area contributed by atoms with Crippen molar-refractivity contribution >= 4 is 27.5 Å². The maximum absolute atomic E-state index is 6.33. The maximum atomic E-state index is 6.33. The van der Waals surface area contributed by atoms with Gasteiger partial charge in [-0.2, -0.15) is 5.10 Å². The van der Waals surface area contributed by atoms with E-state index in [1.807, 2.05) is 36.7 Å². The van der Waals surface area contributed by atoms with E-state index in [0.717, 1.165) is 32.9 Å². The van der Waals surface area contributed by atoms with Gasteiger partial charge in [-0.05, 0) is 40.9 Å². The fraction of sp³-hybridized carbons (Fsp3) is 0.308. The molecular formula is C13H15BrClN3. The Morgan fingerprint density at radius 3 is 2.89 bits per heavy atom. The Morgan fingerprint density at radius 1 is 1.50 bits per heavy atom. The first-order valence-electron chi connectivity index (χ1n) is 5.78. The topological polar surface area (TPSA) is 43.8 Å². The van der Waals surface area contributed by atoms with Crippen molar-refractivity contribution in [3.63, 3.8) is 0 Å². The van der Waals surface area contributed by atoms with Gasteiger partial charge < -0.3 is 5.73 Å². The van der Waals surface area contributed by atoms with Crippen LogP contribution < -0.4 is 5.73 Å². The Balaban J connectivity index is 2.51. The van der Waals surface area contributed by atoms with E-state index in [1.54, 1.807) is 6.20 Å². The molecule has 0 aliphatic rings. The SMILES string of the molecule is CCn1ncc(Br)c1C(N)c1cccc(C)c1Cl. The zero-order chi connectivity index (χ0) is 13.3. The lowest BCUT2D eigenvalue weighted by Crippen LogP contribution is -2.18. The number of nitrogens with zero attached hydrogens (tertiary/aromatic N) is 2. The van der Waals surface area contributed by atoms with E-state index in [1.165, 1.54) is 0 Å². The third-order valence-corrected chi connectivity index (χ3v) is 4.11. The molecule has 0 fully saturated rings. The minimum Gasteiger partial charge on any atom is -0.319 e. The fourth-order valence-corrected chi connectivity index (χ4v) is 2.78. The Labute approximate surface area is 120 Å². The van der Waals surface area contributed by atoms with Gasteiger partial charge in [-0.1, -0.05) is 29.8 Å². The molecule has 1 atom stereocenters. The molecule has 1 heterocycles. The highest BCUT2D eigenvalue weighted by Crippen LogP contribution is 2.32. The molecule has 0 spiro atoms. The second-order valence-corrected chi connectivity index (χ2v) is 5.38. The van der Waals surface area contributed by atoms with Crippen LogP contribution in [0.15, 0.2) is 28.9 Å². The summed E-state index contributed by atoms with van der Waals surface area (Å²) in [5.74, 6) is 0. The maximum Gasteiger partial charge on any atom is 0.0749 e. The molecule has 0 amide bonds. The molecular weight excluding hydrogens is 314 g/mol. The van der Waals surface area contributed by atoms with Crippen LogP contribution in [0.5, 0.6) is 0 Å². The van der Waals surface area contributed by atoms with Gasteiger partial charge >= 0.3 is 0 Å². The Morgan fingerprint density at radius 2 is 2.22 bits per heavy atom. The molecule has 2 aromatic rings. The minimum atomic E-state index is -0.283. The van der Waals surface area contributed by atoms with E-state index >= 15 is 0 Å². The summed E-state index contributed by atoms with van der Waals surface area (Å²) in [4.78, 5) is 0. The molecule has 0 aliphatic carbocycles. The van der Waals surface area contributed by atoms with Gasteiger partial charge in [-0.3, -0.25) is 4.68 Å². The number of benzene rings is 1. The van der Waals surface area contributed by atoms with Crippen LogP contribution in [0.1, 0.15) is 29.8 Å².